The number of aromatic hydroxyl groups is 1. The summed E-state index contributed by atoms with van der Waals surface area (Å²) in [4.78, 5) is 13.1. The Morgan fingerprint density at radius 3 is 2.53 bits per heavy atom. The second-order valence-electron chi connectivity index (χ2n) is 4.44. The number of rotatable bonds is 2. The Bertz CT molecular complexity index is 422. The smallest absolute Gasteiger partial charge is 0.222 e. The van der Waals surface area contributed by atoms with Crippen molar-refractivity contribution in [2.24, 2.45) is 0 Å². The van der Waals surface area contributed by atoms with Crippen molar-refractivity contribution >= 4 is 29.1 Å². The van der Waals surface area contributed by atoms with Crippen LogP contribution in [-0.4, -0.2) is 29.0 Å². The molecule has 1 aromatic carbocycles. The highest BCUT2D eigenvalue weighted by molar-refractivity contribution is 6.42. The lowest BCUT2D eigenvalue weighted by Crippen LogP contribution is -2.35. The van der Waals surface area contributed by atoms with Crippen molar-refractivity contribution in [3.05, 3.63) is 28.2 Å². The fraction of sp³-hybridized carbons (Fsp3) is 0.500. The maximum atomic E-state index is 11.1. The number of hydrogen-bond acceptors (Lipinski definition) is 2. The second kappa shape index (κ2) is 8.28. The minimum Gasteiger partial charge on any atom is -0.508 e. The number of amides is 1. The van der Waals surface area contributed by atoms with Gasteiger partial charge in [0.05, 0.1) is 10.0 Å². The topological polar surface area (TPSA) is 40.5 Å². The molecule has 1 N–H and O–H groups in total. The third-order valence-corrected chi connectivity index (χ3v) is 3.56. The summed E-state index contributed by atoms with van der Waals surface area (Å²) in [7, 11) is 0. The molecule has 1 saturated heterocycles. The van der Waals surface area contributed by atoms with Crippen LogP contribution in [0, 0.1) is 0 Å². The molecule has 1 aliphatic heterocycles. The molecule has 5 heteroatoms. The molecule has 0 saturated carbocycles. The highest BCUT2D eigenvalue weighted by atomic mass is 35.5. The van der Waals surface area contributed by atoms with Gasteiger partial charge in [0.25, 0.3) is 0 Å². The van der Waals surface area contributed by atoms with Gasteiger partial charge in [-0.05, 0) is 37.5 Å². The quantitative estimate of drug-likeness (QED) is 0.893. The molecule has 1 amide bonds. The van der Waals surface area contributed by atoms with E-state index in [4.69, 9.17) is 28.3 Å². The fourth-order valence-electron chi connectivity index (χ4n) is 1.85. The van der Waals surface area contributed by atoms with Crippen LogP contribution in [0.1, 0.15) is 32.6 Å². The number of phenols is 1. The Hall–Kier alpha value is -0.930. The molecule has 0 unspecified atom stereocenters. The molecule has 0 atom stereocenters. The van der Waals surface area contributed by atoms with E-state index in [1.165, 1.54) is 18.6 Å². The molecule has 0 spiro atoms. The van der Waals surface area contributed by atoms with Crippen molar-refractivity contribution in [3.8, 4) is 5.75 Å². The normalized spacial score (nSPS) is 14.9. The van der Waals surface area contributed by atoms with E-state index in [2.05, 4.69) is 6.92 Å². The zero-order valence-corrected chi connectivity index (χ0v) is 12.5. The summed E-state index contributed by atoms with van der Waals surface area (Å²) in [6.07, 6.45) is 4.16. The van der Waals surface area contributed by atoms with E-state index in [0.717, 1.165) is 32.4 Å². The van der Waals surface area contributed by atoms with Gasteiger partial charge in [0, 0.05) is 19.5 Å². The molecule has 0 aliphatic carbocycles. The van der Waals surface area contributed by atoms with Gasteiger partial charge in [0.1, 0.15) is 5.75 Å². The lowest BCUT2D eigenvalue weighted by molar-refractivity contribution is -0.133. The summed E-state index contributed by atoms with van der Waals surface area (Å²) in [5.74, 6) is 0.484. The number of likely N-dealkylation sites (tertiary alicyclic amines) is 1. The predicted molar refractivity (Wildman–Crippen MR) is 78.8 cm³/mol. The van der Waals surface area contributed by atoms with E-state index in [0.29, 0.717) is 16.0 Å². The van der Waals surface area contributed by atoms with Crippen molar-refractivity contribution < 1.29 is 9.90 Å². The first-order chi connectivity index (χ1) is 9.04. The number of hydrogen-bond donors (Lipinski definition) is 1. The zero-order valence-electron chi connectivity index (χ0n) is 11.0. The number of carbonyl (C=O) groups is 1. The summed E-state index contributed by atoms with van der Waals surface area (Å²) in [6.45, 7) is 4.06. The fourth-order valence-corrected chi connectivity index (χ4v) is 2.15. The van der Waals surface area contributed by atoms with E-state index in [1.807, 2.05) is 4.90 Å². The highest BCUT2D eigenvalue weighted by Gasteiger charge is 2.15. The van der Waals surface area contributed by atoms with Crippen LogP contribution in [0.15, 0.2) is 18.2 Å². The average Bonchev–Trinajstić information content (AvgIpc) is 2.38. The molecule has 0 aromatic heterocycles. The van der Waals surface area contributed by atoms with E-state index >= 15 is 0 Å². The Morgan fingerprint density at radius 1 is 1.26 bits per heavy atom. The van der Waals surface area contributed by atoms with Crippen LogP contribution in [0.4, 0.5) is 0 Å². The van der Waals surface area contributed by atoms with Crippen molar-refractivity contribution in [2.75, 3.05) is 13.1 Å². The molecule has 2 rings (SSSR count). The van der Waals surface area contributed by atoms with Gasteiger partial charge >= 0.3 is 0 Å². The molecular weight excluding hydrogens is 285 g/mol. The molecule has 3 nitrogen and oxygen atoms in total. The SMILES string of the molecule is CCCN1CCCCC1=O.Oc1ccc(Cl)c(Cl)c1. The van der Waals surface area contributed by atoms with Crippen LogP contribution in [0.2, 0.25) is 10.0 Å². The maximum Gasteiger partial charge on any atom is 0.222 e. The van der Waals surface area contributed by atoms with Crippen LogP contribution in [0.25, 0.3) is 0 Å². The summed E-state index contributed by atoms with van der Waals surface area (Å²) >= 11 is 11.1. The van der Waals surface area contributed by atoms with Gasteiger partial charge in [-0.1, -0.05) is 30.1 Å². The average molecular weight is 304 g/mol. The second-order valence-corrected chi connectivity index (χ2v) is 5.25. The molecule has 1 aromatic rings. The predicted octanol–water partition coefficient (Wildman–Crippen LogP) is 4.11. The molecule has 19 heavy (non-hydrogen) atoms. The molecule has 1 fully saturated rings. The van der Waals surface area contributed by atoms with E-state index in [1.54, 1.807) is 6.07 Å². The van der Waals surface area contributed by atoms with Gasteiger partial charge in [0.15, 0.2) is 0 Å². The lowest BCUT2D eigenvalue weighted by Gasteiger charge is -2.25. The monoisotopic (exact) mass is 303 g/mol. The Morgan fingerprint density at radius 2 is 2.00 bits per heavy atom. The van der Waals surface area contributed by atoms with Crippen LogP contribution >= 0.6 is 23.2 Å². The van der Waals surface area contributed by atoms with Crippen molar-refractivity contribution in [1.82, 2.24) is 4.90 Å². The van der Waals surface area contributed by atoms with Crippen LogP contribution in [0.3, 0.4) is 0 Å². The number of carbonyl (C=O) groups excluding carboxylic acids is 1. The van der Waals surface area contributed by atoms with E-state index in [-0.39, 0.29) is 5.75 Å². The van der Waals surface area contributed by atoms with Gasteiger partial charge in [-0.2, -0.15) is 0 Å². The van der Waals surface area contributed by atoms with Gasteiger partial charge in [-0.15, -0.1) is 0 Å². The third-order valence-electron chi connectivity index (χ3n) is 2.82. The van der Waals surface area contributed by atoms with Crippen LogP contribution in [0.5, 0.6) is 5.75 Å². The zero-order chi connectivity index (χ0) is 14.3. The van der Waals surface area contributed by atoms with Crippen molar-refractivity contribution in [3.63, 3.8) is 0 Å². The maximum absolute atomic E-state index is 11.1. The van der Waals surface area contributed by atoms with Crippen LogP contribution < -0.4 is 0 Å². The lowest BCUT2D eigenvalue weighted by atomic mass is 10.1. The van der Waals surface area contributed by atoms with Gasteiger partial charge in [-0.3, -0.25) is 4.79 Å². The van der Waals surface area contributed by atoms with Gasteiger partial charge in [0.2, 0.25) is 5.91 Å². The first-order valence-electron chi connectivity index (χ1n) is 6.46. The number of piperidine rings is 1. The van der Waals surface area contributed by atoms with Gasteiger partial charge in [-0.25, -0.2) is 0 Å². The van der Waals surface area contributed by atoms with Crippen LogP contribution in [-0.2, 0) is 4.79 Å². The Balaban J connectivity index is 0.000000191. The van der Waals surface area contributed by atoms with Gasteiger partial charge < -0.3 is 10.0 Å². The largest absolute Gasteiger partial charge is 0.508 e. The van der Waals surface area contributed by atoms with E-state index < -0.39 is 0 Å². The van der Waals surface area contributed by atoms with Crippen molar-refractivity contribution in [2.45, 2.75) is 32.6 Å². The highest BCUT2D eigenvalue weighted by Crippen LogP contribution is 2.25. The number of halogens is 2. The summed E-state index contributed by atoms with van der Waals surface area (Å²) in [5.41, 5.74) is 0. The molecule has 1 aliphatic rings. The summed E-state index contributed by atoms with van der Waals surface area (Å²) in [6, 6.07) is 4.41. The Kier molecular flexibility index (Phi) is 7.03. The molecule has 1 heterocycles. The first-order valence-corrected chi connectivity index (χ1v) is 7.22. The molecule has 0 bridgehead atoms. The molecule has 106 valence electrons. The first kappa shape index (κ1) is 16.1. The van der Waals surface area contributed by atoms with Crippen molar-refractivity contribution in [1.29, 1.82) is 0 Å². The number of phenolic OH excluding ortho intramolecular Hbond substituents is 1. The molecule has 0 radical (unpaired) electrons. The number of nitrogens with zero attached hydrogens (tertiary/aromatic N) is 1. The minimum absolute atomic E-state index is 0.129. The number of benzene rings is 1. The minimum atomic E-state index is 0.129. The Labute approximate surface area is 124 Å². The molecular formula is C14H19Cl2NO2. The summed E-state index contributed by atoms with van der Waals surface area (Å²) < 4.78 is 0. The standard InChI is InChI=1S/C8H15NO.C6H4Cl2O/c1-2-6-9-7-4-3-5-8(9)10;7-5-2-1-4(9)3-6(5)8/h2-7H2,1H3;1-3,9H. The van der Waals surface area contributed by atoms with E-state index in [9.17, 15) is 4.79 Å². The third kappa shape index (κ3) is 5.70. The summed E-state index contributed by atoms with van der Waals surface area (Å²) in [5, 5.41) is 9.62.